The van der Waals surface area contributed by atoms with Crippen LogP contribution in [-0.2, 0) is 4.79 Å². The predicted octanol–water partition coefficient (Wildman–Crippen LogP) is 2.81. The summed E-state index contributed by atoms with van der Waals surface area (Å²) in [5, 5.41) is 5.81. The molecular weight excluding hydrogens is 243 g/mol. The molecule has 0 aromatic heterocycles. The fourth-order valence-corrected chi connectivity index (χ4v) is 1.67. The van der Waals surface area contributed by atoms with Gasteiger partial charge in [-0.05, 0) is 31.7 Å². The average molecular weight is 259 g/mol. The lowest BCUT2D eigenvalue weighted by Gasteiger charge is -2.12. The summed E-state index contributed by atoms with van der Waals surface area (Å²) in [5.41, 5.74) is 0.505. The van der Waals surface area contributed by atoms with Gasteiger partial charge in [0.1, 0.15) is 5.82 Å². The number of amides is 1. The van der Waals surface area contributed by atoms with Crippen LogP contribution in [0.5, 0.6) is 0 Å². The number of anilines is 1. The Balaban J connectivity index is 2.53. The van der Waals surface area contributed by atoms with Crippen molar-refractivity contribution in [2.24, 2.45) is 0 Å². The Bertz CT molecular complexity index is 398. The van der Waals surface area contributed by atoms with E-state index in [0.29, 0.717) is 12.1 Å². The standard InChI is InChI=1S/C12H16ClFN2O/c1-3-15-8(2)6-12(17)16-9-4-5-11(14)10(13)7-9/h4-5,7-8,15H,3,6H2,1-2H3,(H,16,17). The van der Waals surface area contributed by atoms with Crippen molar-refractivity contribution < 1.29 is 9.18 Å². The Labute approximate surface area is 105 Å². The highest BCUT2D eigenvalue weighted by Gasteiger charge is 2.09. The highest BCUT2D eigenvalue weighted by atomic mass is 35.5. The molecule has 0 heterocycles. The van der Waals surface area contributed by atoms with E-state index in [2.05, 4.69) is 10.6 Å². The SMILES string of the molecule is CCNC(C)CC(=O)Nc1ccc(F)c(Cl)c1. The second kappa shape index (κ2) is 6.57. The van der Waals surface area contributed by atoms with Crippen molar-refractivity contribution in [3.05, 3.63) is 29.0 Å². The van der Waals surface area contributed by atoms with Crippen LogP contribution in [0, 0.1) is 5.82 Å². The molecule has 1 rings (SSSR count). The zero-order valence-corrected chi connectivity index (χ0v) is 10.6. The van der Waals surface area contributed by atoms with Gasteiger partial charge in [-0.15, -0.1) is 0 Å². The zero-order chi connectivity index (χ0) is 12.8. The second-order valence-electron chi connectivity index (χ2n) is 3.84. The number of hydrogen-bond acceptors (Lipinski definition) is 2. The van der Waals surface area contributed by atoms with Crippen molar-refractivity contribution in [3.63, 3.8) is 0 Å². The van der Waals surface area contributed by atoms with Crippen LogP contribution in [-0.4, -0.2) is 18.5 Å². The Morgan fingerprint density at radius 3 is 2.82 bits per heavy atom. The minimum absolute atomic E-state index is 0.00234. The van der Waals surface area contributed by atoms with Crippen LogP contribution in [0.25, 0.3) is 0 Å². The van der Waals surface area contributed by atoms with E-state index in [-0.39, 0.29) is 17.0 Å². The number of benzene rings is 1. The largest absolute Gasteiger partial charge is 0.326 e. The molecule has 17 heavy (non-hydrogen) atoms. The third-order valence-corrected chi connectivity index (χ3v) is 2.54. The lowest BCUT2D eigenvalue weighted by molar-refractivity contribution is -0.116. The molecule has 0 radical (unpaired) electrons. The van der Waals surface area contributed by atoms with E-state index in [9.17, 15) is 9.18 Å². The molecule has 0 aliphatic heterocycles. The van der Waals surface area contributed by atoms with Gasteiger partial charge in [0.2, 0.25) is 5.91 Å². The maximum atomic E-state index is 12.9. The van der Waals surface area contributed by atoms with Crippen molar-refractivity contribution in [2.45, 2.75) is 26.3 Å². The molecule has 3 nitrogen and oxygen atoms in total. The normalized spacial score (nSPS) is 12.2. The molecule has 1 atom stereocenters. The molecule has 1 amide bonds. The highest BCUT2D eigenvalue weighted by molar-refractivity contribution is 6.31. The van der Waals surface area contributed by atoms with E-state index in [4.69, 9.17) is 11.6 Å². The summed E-state index contributed by atoms with van der Waals surface area (Å²) in [5.74, 6) is -0.619. The lowest BCUT2D eigenvalue weighted by atomic mass is 10.2. The number of nitrogens with one attached hydrogen (secondary N) is 2. The van der Waals surface area contributed by atoms with E-state index in [0.717, 1.165) is 6.54 Å². The molecule has 0 saturated heterocycles. The fraction of sp³-hybridized carbons (Fsp3) is 0.417. The number of carbonyl (C=O) groups excluding carboxylic acids is 1. The smallest absolute Gasteiger partial charge is 0.225 e. The van der Waals surface area contributed by atoms with Gasteiger partial charge in [-0.2, -0.15) is 0 Å². The molecule has 0 aliphatic carbocycles. The zero-order valence-electron chi connectivity index (χ0n) is 9.89. The maximum Gasteiger partial charge on any atom is 0.225 e. The van der Waals surface area contributed by atoms with Gasteiger partial charge in [0.05, 0.1) is 5.02 Å². The summed E-state index contributed by atoms with van der Waals surface area (Å²) in [6.07, 6.45) is 0.364. The van der Waals surface area contributed by atoms with Crippen LogP contribution in [0.3, 0.4) is 0 Å². The number of carbonyl (C=O) groups is 1. The van der Waals surface area contributed by atoms with Crippen molar-refractivity contribution in [1.82, 2.24) is 5.32 Å². The topological polar surface area (TPSA) is 41.1 Å². The van der Waals surface area contributed by atoms with Gasteiger partial charge in [0, 0.05) is 18.2 Å². The van der Waals surface area contributed by atoms with Crippen LogP contribution in [0.15, 0.2) is 18.2 Å². The Morgan fingerprint density at radius 1 is 1.53 bits per heavy atom. The van der Waals surface area contributed by atoms with Gasteiger partial charge in [0.25, 0.3) is 0 Å². The number of hydrogen-bond donors (Lipinski definition) is 2. The molecule has 0 fully saturated rings. The first kappa shape index (κ1) is 13.9. The molecule has 2 N–H and O–H groups in total. The van der Waals surface area contributed by atoms with E-state index < -0.39 is 5.82 Å². The quantitative estimate of drug-likeness (QED) is 0.853. The second-order valence-corrected chi connectivity index (χ2v) is 4.25. The van der Waals surface area contributed by atoms with Gasteiger partial charge in [0.15, 0.2) is 0 Å². The fourth-order valence-electron chi connectivity index (χ4n) is 1.48. The first-order valence-corrected chi connectivity index (χ1v) is 5.89. The molecule has 0 bridgehead atoms. The number of halogens is 2. The minimum atomic E-state index is -0.495. The third-order valence-electron chi connectivity index (χ3n) is 2.25. The van der Waals surface area contributed by atoms with E-state index in [1.807, 2.05) is 13.8 Å². The van der Waals surface area contributed by atoms with E-state index in [1.165, 1.54) is 18.2 Å². The molecule has 0 saturated carbocycles. The Hall–Kier alpha value is -1.13. The summed E-state index contributed by atoms with van der Waals surface area (Å²) in [6, 6.07) is 4.21. The molecule has 0 spiro atoms. The molecule has 5 heteroatoms. The summed E-state index contributed by atoms with van der Waals surface area (Å²) in [4.78, 5) is 11.6. The van der Waals surface area contributed by atoms with Gasteiger partial charge in [-0.25, -0.2) is 4.39 Å². The average Bonchev–Trinajstić information content (AvgIpc) is 2.23. The molecular formula is C12H16ClFN2O. The highest BCUT2D eigenvalue weighted by Crippen LogP contribution is 2.19. The summed E-state index contributed by atoms with van der Waals surface area (Å²) in [6.45, 7) is 4.73. The summed E-state index contributed by atoms with van der Waals surface area (Å²) < 4.78 is 12.9. The van der Waals surface area contributed by atoms with Crippen LogP contribution in [0.4, 0.5) is 10.1 Å². The molecule has 1 aromatic carbocycles. The van der Waals surface area contributed by atoms with Crippen molar-refractivity contribution in [3.8, 4) is 0 Å². The van der Waals surface area contributed by atoms with Crippen LogP contribution in [0.1, 0.15) is 20.3 Å². The first-order chi connectivity index (χ1) is 8.02. The molecule has 1 unspecified atom stereocenters. The van der Waals surface area contributed by atoms with E-state index >= 15 is 0 Å². The first-order valence-electron chi connectivity index (χ1n) is 5.51. The van der Waals surface area contributed by atoms with Crippen LogP contribution in [0.2, 0.25) is 5.02 Å². The van der Waals surface area contributed by atoms with Crippen molar-refractivity contribution in [2.75, 3.05) is 11.9 Å². The van der Waals surface area contributed by atoms with Crippen molar-refractivity contribution in [1.29, 1.82) is 0 Å². The monoisotopic (exact) mass is 258 g/mol. The van der Waals surface area contributed by atoms with Crippen LogP contribution >= 0.6 is 11.6 Å². The number of rotatable bonds is 5. The Kier molecular flexibility index (Phi) is 5.38. The van der Waals surface area contributed by atoms with Gasteiger partial charge >= 0.3 is 0 Å². The van der Waals surface area contributed by atoms with E-state index in [1.54, 1.807) is 0 Å². The lowest BCUT2D eigenvalue weighted by Crippen LogP contribution is -2.30. The minimum Gasteiger partial charge on any atom is -0.326 e. The maximum absolute atomic E-state index is 12.9. The van der Waals surface area contributed by atoms with Gasteiger partial charge < -0.3 is 10.6 Å². The Morgan fingerprint density at radius 2 is 2.24 bits per heavy atom. The summed E-state index contributed by atoms with van der Waals surface area (Å²) in [7, 11) is 0. The predicted molar refractivity (Wildman–Crippen MR) is 67.8 cm³/mol. The third kappa shape index (κ3) is 4.71. The molecule has 0 aliphatic rings. The molecule has 1 aromatic rings. The summed E-state index contributed by atoms with van der Waals surface area (Å²) >= 11 is 5.61. The van der Waals surface area contributed by atoms with Gasteiger partial charge in [-0.1, -0.05) is 18.5 Å². The van der Waals surface area contributed by atoms with Crippen molar-refractivity contribution >= 4 is 23.2 Å². The van der Waals surface area contributed by atoms with Gasteiger partial charge in [-0.3, -0.25) is 4.79 Å². The van der Waals surface area contributed by atoms with Crippen LogP contribution < -0.4 is 10.6 Å². The molecule has 94 valence electrons.